The van der Waals surface area contributed by atoms with E-state index < -0.39 is 0 Å². The van der Waals surface area contributed by atoms with Gasteiger partial charge in [-0.25, -0.2) is 0 Å². The molecule has 3 nitrogen and oxygen atoms in total. The first-order valence-electron chi connectivity index (χ1n) is 7.39. The Morgan fingerprint density at radius 1 is 0.773 bits per heavy atom. The van der Waals surface area contributed by atoms with Gasteiger partial charge in [0.2, 0.25) is 0 Å². The molecule has 0 bridgehead atoms. The summed E-state index contributed by atoms with van der Waals surface area (Å²) in [4.78, 5) is 0. The van der Waals surface area contributed by atoms with Gasteiger partial charge in [-0.15, -0.1) is 5.11 Å². The lowest BCUT2D eigenvalue weighted by atomic mass is 10.1. The van der Waals surface area contributed by atoms with Gasteiger partial charge >= 0.3 is 0 Å². The van der Waals surface area contributed by atoms with Crippen LogP contribution in [0.15, 0.2) is 77.0 Å². The molecule has 110 valence electrons. The summed E-state index contributed by atoms with van der Waals surface area (Å²) in [6.07, 6.45) is 0.0897. The largest absolute Gasteiger partial charge is 0.489 e. The molecule has 0 aliphatic heterocycles. The Morgan fingerprint density at radius 3 is 2.27 bits per heavy atom. The highest BCUT2D eigenvalue weighted by Gasteiger charge is 2.09. The van der Waals surface area contributed by atoms with E-state index in [-0.39, 0.29) is 6.10 Å². The minimum absolute atomic E-state index is 0.0897. The fraction of sp³-hybridized carbons (Fsp3) is 0.158. The van der Waals surface area contributed by atoms with E-state index in [4.69, 9.17) is 4.74 Å². The van der Waals surface area contributed by atoms with Gasteiger partial charge in [-0.3, -0.25) is 0 Å². The van der Waals surface area contributed by atoms with E-state index in [0.717, 1.165) is 27.9 Å². The van der Waals surface area contributed by atoms with Crippen LogP contribution in [0.5, 0.6) is 5.75 Å². The number of ether oxygens (including phenoxy) is 1. The van der Waals surface area contributed by atoms with Gasteiger partial charge in [0, 0.05) is 5.39 Å². The molecule has 0 heterocycles. The number of hydrogen-bond donors (Lipinski definition) is 0. The molecule has 0 unspecified atom stereocenters. The van der Waals surface area contributed by atoms with E-state index in [2.05, 4.69) is 22.4 Å². The molecule has 0 N–H and O–H groups in total. The third kappa shape index (κ3) is 3.14. The predicted molar refractivity (Wildman–Crippen MR) is 90.3 cm³/mol. The highest BCUT2D eigenvalue weighted by Crippen LogP contribution is 2.37. The number of rotatable bonds is 4. The Kier molecular flexibility index (Phi) is 4.15. The van der Waals surface area contributed by atoms with Gasteiger partial charge in [0.05, 0.1) is 11.8 Å². The monoisotopic (exact) mass is 290 g/mol. The standard InChI is InChI=1S/C19H18N2O/c1-14(2)22-18-13-12-15-8-6-7-11-17(15)19(18)21-20-16-9-4-3-5-10-16/h3-14H,1-2H3. The second-order valence-electron chi connectivity index (χ2n) is 5.34. The fourth-order valence-corrected chi connectivity index (χ4v) is 2.29. The quantitative estimate of drug-likeness (QED) is 0.539. The molecule has 3 aromatic rings. The van der Waals surface area contributed by atoms with Crippen LogP contribution in [0, 0.1) is 0 Å². The van der Waals surface area contributed by atoms with E-state index >= 15 is 0 Å². The lowest BCUT2D eigenvalue weighted by Crippen LogP contribution is -2.05. The van der Waals surface area contributed by atoms with Crippen molar-refractivity contribution in [1.82, 2.24) is 0 Å². The summed E-state index contributed by atoms with van der Waals surface area (Å²) < 4.78 is 5.89. The summed E-state index contributed by atoms with van der Waals surface area (Å²) in [6, 6.07) is 21.9. The average Bonchev–Trinajstić information content (AvgIpc) is 2.54. The molecule has 0 fully saturated rings. The predicted octanol–water partition coefficient (Wildman–Crippen LogP) is 6.04. The molecule has 0 saturated heterocycles. The van der Waals surface area contributed by atoms with Gasteiger partial charge in [0.25, 0.3) is 0 Å². The molecule has 0 aliphatic rings. The van der Waals surface area contributed by atoms with Crippen LogP contribution < -0.4 is 4.74 Å². The van der Waals surface area contributed by atoms with Crippen molar-refractivity contribution in [3.63, 3.8) is 0 Å². The molecular weight excluding hydrogens is 272 g/mol. The van der Waals surface area contributed by atoms with Crippen molar-refractivity contribution in [3.05, 3.63) is 66.7 Å². The van der Waals surface area contributed by atoms with E-state index in [1.54, 1.807) is 0 Å². The van der Waals surface area contributed by atoms with Crippen molar-refractivity contribution in [2.45, 2.75) is 20.0 Å². The molecule has 3 rings (SSSR count). The van der Waals surface area contributed by atoms with Crippen LogP contribution in [0.2, 0.25) is 0 Å². The Labute approximate surface area is 130 Å². The van der Waals surface area contributed by atoms with E-state index in [0.29, 0.717) is 0 Å². The second-order valence-corrected chi connectivity index (χ2v) is 5.34. The summed E-state index contributed by atoms with van der Waals surface area (Å²) in [6.45, 7) is 4.01. The maximum atomic E-state index is 5.89. The summed E-state index contributed by atoms with van der Waals surface area (Å²) in [5.74, 6) is 0.758. The zero-order valence-electron chi connectivity index (χ0n) is 12.7. The summed E-state index contributed by atoms with van der Waals surface area (Å²) in [5.41, 5.74) is 1.60. The van der Waals surface area contributed by atoms with Crippen molar-refractivity contribution >= 4 is 22.1 Å². The molecule has 0 aromatic heterocycles. The van der Waals surface area contributed by atoms with Crippen molar-refractivity contribution < 1.29 is 4.74 Å². The smallest absolute Gasteiger partial charge is 0.147 e. The van der Waals surface area contributed by atoms with Crippen LogP contribution in [0.25, 0.3) is 10.8 Å². The first-order chi connectivity index (χ1) is 10.7. The van der Waals surface area contributed by atoms with Crippen LogP contribution in [0.3, 0.4) is 0 Å². The van der Waals surface area contributed by atoms with Gasteiger partial charge in [-0.2, -0.15) is 5.11 Å². The van der Waals surface area contributed by atoms with Crippen molar-refractivity contribution in [2.24, 2.45) is 10.2 Å². The third-order valence-electron chi connectivity index (χ3n) is 3.25. The molecule has 3 aromatic carbocycles. The first-order valence-corrected chi connectivity index (χ1v) is 7.39. The summed E-state index contributed by atoms with van der Waals surface area (Å²) in [7, 11) is 0. The lowest BCUT2D eigenvalue weighted by Gasteiger charge is -2.13. The zero-order valence-corrected chi connectivity index (χ0v) is 12.7. The number of azo groups is 1. The molecule has 22 heavy (non-hydrogen) atoms. The zero-order chi connectivity index (χ0) is 15.4. The van der Waals surface area contributed by atoms with Gasteiger partial charge in [0.15, 0.2) is 0 Å². The molecule has 0 radical (unpaired) electrons. The van der Waals surface area contributed by atoms with Crippen molar-refractivity contribution in [1.29, 1.82) is 0 Å². The topological polar surface area (TPSA) is 34.0 Å². The van der Waals surface area contributed by atoms with Gasteiger partial charge < -0.3 is 4.74 Å². The molecule has 0 spiro atoms. The minimum Gasteiger partial charge on any atom is -0.489 e. The van der Waals surface area contributed by atoms with Gasteiger partial charge in [-0.05, 0) is 37.4 Å². The normalized spacial score (nSPS) is 11.4. The Balaban J connectivity index is 2.10. The maximum Gasteiger partial charge on any atom is 0.147 e. The molecule has 3 heteroatoms. The van der Waals surface area contributed by atoms with Gasteiger partial charge in [-0.1, -0.05) is 48.5 Å². The SMILES string of the molecule is CC(C)Oc1ccc2ccccc2c1N=Nc1ccccc1. The van der Waals surface area contributed by atoms with Crippen LogP contribution in [0.1, 0.15) is 13.8 Å². The molecule has 0 amide bonds. The Morgan fingerprint density at radius 2 is 1.50 bits per heavy atom. The fourth-order valence-electron chi connectivity index (χ4n) is 2.29. The van der Waals surface area contributed by atoms with Crippen LogP contribution in [-0.4, -0.2) is 6.10 Å². The minimum atomic E-state index is 0.0897. The number of benzene rings is 3. The first kappa shape index (κ1) is 14.3. The highest BCUT2D eigenvalue weighted by atomic mass is 16.5. The molecule has 0 aliphatic carbocycles. The average molecular weight is 290 g/mol. The second kappa shape index (κ2) is 6.39. The van der Waals surface area contributed by atoms with E-state index in [9.17, 15) is 0 Å². The molecule has 0 atom stereocenters. The number of hydrogen-bond acceptors (Lipinski definition) is 3. The Bertz CT molecular complexity index is 795. The summed E-state index contributed by atoms with van der Waals surface area (Å²) in [5, 5.41) is 11.0. The van der Waals surface area contributed by atoms with Crippen molar-refractivity contribution in [3.8, 4) is 5.75 Å². The van der Waals surface area contributed by atoms with E-state index in [1.165, 1.54) is 0 Å². The van der Waals surface area contributed by atoms with Crippen LogP contribution >= 0.6 is 0 Å². The van der Waals surface area contributed by atoms with Gasteiger partial charge in [0.1, 0.15) is 11.4 Å². The van der Waals surface area contributed by atoms with Crippen LogP contribution in [0.4, 0.5) is 11.4 Å². The molecule has 0 saturated carbocycles. The third-order valence-corrected chi connectivity index (χ3v) is 3.25. The van der Waals surface area contributed by atoms with Crippen molar-refractivity contribution in [2.75, 3.05) is 0 Å². The Hall–Kier alpha value is -2.68. The number of fused-ring (bicyclic) bond motifs is 1. The molecular formula is C19H18N2O. The highest BCUT2D eigenvalue weighted by molar-refractivity contribution is 5.95. The summed E-state index contributed by atoms with van der Waals surface area (Å²) >= 11 is 0. The lowest BCUT2D eigenvalue weighted by molar-refractivity contribution is 0.243. The maximum absolute atomic E-state index is 5.89. The van der Waals surface area contributed by atoms with Crippen LogP contribution in [-0.2, 0) is 0 Å². The van der Waals surface area contributed by atoms with E-state index in [1.807, 2.05) is 68.4 Å². The number of nitrogens with zero attached hydrogens (tertiary/aromatic N) is 2.